The molecule has 1 rings (SSSR count). The minimum Gasteiger partial charge on any atom is -0.468 e. The van der Waals surface area contributed by atoms with Gasteiger partial charge in [-0.25, -0.2) is 9.59 Å². The first kappa shape index (κ1) is 12.2. The molecule has 0 bridgehead atoms. The van der Waals surface area contributed by atoms with Crippen LogP contribution >= 0.6 is 0 Å². The molecule has 0 aromatic heterocycles. The topological polar surface area (TPSA) is 52.6 Å². The van der Waals surface area contributed by atoms with Crippen LogP contribution in [0, 0.1) is 0 Å². The van der Waals surface area contributed by atoms with Crippen LogP contribution in [0.1, 0.15) is 13.8 Å². The third-order valence-electron chi connectivity index (χ3n) is 0.905. The number of carbonyl (C=O) groups is 2. The second-order valence-corrected chi connectivity index (χ2v) is 2.58. The van der Waals surface area contributed by atoms with Gasteiger partial charge in [0.25, 0.3) is 0 Å². The van der Waals surface area contributed by atoms with Crippen molar-refractivity contribution < 1.29 is 19.1 Å². The lowest BCUT2D eigenvalue weighted by Crippen LogP contribution is -1.96. The average molecular weight is 196 g/mol. The first-order valence-corrected chi connectivity index (χ1v) is 3.84. The highest BCUT2D eigenvalue weighted by Gasteiger charge is 2.10. The molecule has 1 aliphatic heterocycles. The molecule has 0 aliphatic carbocycles. The zero-order valence-electron chi connectivity index (χ0n) is 8.20. The van der Waals surface area contributed by atoms with Gasteiger partial charge in [-0.3, -0.25) is 0 Å². The van der Waals surface area contributed by atoms with Gasteiger partial charge in [-0.15, -0.1) is 0 Å². The van der Waals surface area contributed by atoms with Crippen LogP contribution in [0.15, 0.2) is 36.8 Å². The predicted molar refractivity (Wildman–Crippen MR) is 51.0 cm³/mol. The second kappa shape index (κ2) is 5.75. The number of rotatable bonds is 2. The second-order valence-electron chi connectivity index (χ2n) is 2.58. The van der Waals surface area contributed by atoms with Crippen molar-refractivity contribution in [2.24, 2.45) is 0 Å². The fraction of sp³-hybridized carbons (Fsp3) is 0.200. The molecule has 0 unspecified atom stereocenters. The van der Waals surface area contributed by atoms with E-state index < -0.39 is 11.9 Å². The zero-order valence-corrected chi connectivity index (χ0v) is 8.20. The smallest absolute Gasteiger partial charge is 0.338 e. The monoisotopic (exact) mass is 196 g/mol. The van der Waals surface area contributed by atoms with Crippen molar-refractivity contribution in [1.82, 2.24) is 0 Å². The van der Waals surface area contributed by atoms with E-state index in [4.69, 9.17) is 4.74 Å². The van der Waals surface area contributed by atoms with E-state index in [1.165, 1.54) is 0 Å². The van der Waals surface area contributed by atoms with Crippen LogP contribution in [0.3, 0.4) is 0 Å². The van der Waals surface area contributed by atoms with Gasteiger partial charge >= 0.3 is 11.9 Å². The summed E-state index contributed by atoms with van der Waals surface area (Å²) in [4.78, 5) is 19.8. The Labute approximate surface area is 82.5 Å². The predicted octanol–water partition coefficient (Wildman–Crippen LogP) is 1.70. The summed E-state index contributed by atoms with van der Waals surface area (Å²) >= 11 is 0. The molecule has 4 nitrogen and oxygen atoms in total. The van der Waals surface area contributed by atoms with Gasteiger partial charge in [-0.1, -0.05) is 13.2 Å². The van der Waals surface area contributed by atoms with E-state index in [0.29, 0.717) is 11.5 Å². The quantitative estimate of drug-likeness (QED) is 0.383. The number of hydrogen-bond acceptors (Lipinski definition) is 4. The lowest BCUT2D eigenvalue weighted by Gasteiger charge is -1.99. The Kier molecular flexibility index (Phi) is 4.99. The molecule has 0 amide bonds. The lowest BCUT2D eigenvalue weighted by atomic mass is 10.6. The molecule has 0 N–H and O–H groups in total. The molecule has 0 radical (unpaired) electrons. The van der Waals surface area contributed by atoms with E-state index in [9.17, 15) is 9.59 Å². The molecule has 0 aromatic carbocycles. The highest BCUT2D eigenvalue weighted by Crippen LogP contribution is 1.97. The zero-order chi connectivity index (χ0) is 11.1. The summed E-state index contributed by atoms with van der Waals surface area (Å²) < 4.78 is 8.83. The lowest BCUT2D eigenvalue weighted by molar-refractivity contribution is -0.150. The van der Waals surface area contributed by atoms with Crippen molar-refractivity contribution in [2.45, 2.75) is 13.8 Å². The van der Waals surface area contributed by atoms with Crippen LogP contribution < -0.4 is 0 Å². The standard InChI is InChI=1S/C6H10O.C4H2O3/c1-5(2)7-6(3)4;5-3-1-2-4(6)7-3/h1,3H2,2,4H3;1-2H. The van der Waals surface area contributed by atoms with Gasteiger partial charge in [0.1, 0.15) is 0 Å². The Hall–Kier alpha value is -1.84. The summed E-state index contributed by atoms with van der Waals surface area (Å²) in [6, 6.07) is 0. The van der Waals surface area contributed by atoms with Gasteiger partial charge in [0.2, 0.25) is 0 Å². The number of esters is 2. The Balaban J connectivity index is 0.000000241. The fourth-order valence-corrected chi connectivity index (χ4v) is 0.601. The molecule has 0 spiro atoms. The highest BCUT2D eigenvalue weighted by molar-refractivity contribution is 6.04. The Bertz CT molecular complexity index is 271. The summed E-state index contributed by atoms with van der Waals surface area (Å²) in [5.74, 6) is 0.218. The first-order valence-electron chi connectivity index (χ1n) is 3.84. The maximum absolute atomic E-state index is 9.92. The summed E-state index contributed by atoms with van der Waals surface area (Å²) in [7, 11) is 0. The summed E-state index contributed by atoms with van der Waals surface area (Å²) in [6.45, 7) is 10.6. The first-order chi connectivity index (χ1) is 6.41. The largest absolute Gasteiger partial charge is 0.468 e. The van der Waals surface area contributed by atoms with Crippen molar-refractivity contribution in [3.05, 3.63) is 36.8 Å². The number of hydrogen-bond donors (Lipinski definition) is 0. The summed E-state index contributed by atoms with van der Waals surface area (Å²) in [5, 5.41) is 0. The molecular formula is C10H12O4. The van der Waals surface area contributed by atoms with Crippen molar-refractivity contribution in [2.75, 3.05) is 0 Å². The van der Waals surface area contributed by atoms with Crippen molar-refractivity contribution in [3.63, 3.8) is 0 Å². The molecule has 0 saturated heterocycles. The van der Waals surface area contributed by atoms with Gasteiger partial charge in [0.05, 0.1) is 11.5 Å². The average Bonchev–Trinajstić information content (AvgIpc) is 2.32. The van der Waals surface area contributed by atoms with Crippen LogP contribution in [0.4, 0.5) is 0 Å². The molecule has 1 heterocycles. The van der Waals surface area contributed by atoms with Gasteiger partial charge in [-0.05, 0) is 13.8 Å². The summed E-state index contributed by atoms with van der Waals surface area (Å²) in [5.41, 5.74) is 0. The highest BCUT2D eigenvalue weighted by atomic mass is 16.6. The third kappa shape index (κ3) is 6.84. The van der Waals surface area contributed by atoms with Gasteiger partial charge in [-0.2, -0.15) is 0 Å². The van der Waals surface area contributed by atoms with Crippen molar-refractivity contribution >= 4 is 11.9 Å². The minimum absolute atomic E-state index is 0.579. The molecule has 14 heavy (non-hydrogen) atoms. The number of carbonyl (C=O) groups excluding carboxylic acids is 2. The Morgan fingerprint density at radius 3 is 1.57 bits per heavy atom. The van der Waals surface area contributed by atoms with Crippen LogP contribution in [0.2, 0.25) is 0 Å². The van der Waals surface area contributed by atoms with Crippen LogP contribution in [-0.2, 0) is 19.1 Å². The molecular weight excluding hydrogens is 184 g/mol. The van der Waals surface area contributed by atoms with Gasteiger partial charge in [0.15, 0.2) is 0 Å². The van der Waals surface area contributed by atoms with E-state index in [2.05, 4.69) is 17.9 Å². The van der Waals surface area contributed by atoms with Crippen LogP contribution in [0.5, 0.6) is 0 Å². The summed E-state index contributed by atoms with van der Waals surface area (Å²) in [6.07, 6.45) is 2.17. The minimum atomic E-state index is -0.579. The van der Waals surface area contributed by atoms with Crippen LogP contribution in [-0.4, -0.2) is 11.9 Å². The van der Waals surface area contributed by atoms with E-state index in [0.717, 1.165) is 12.2 Å². The Morgan fingerprint density at radius 1 is 1.14 bits per heavy atom. The molecule has 1 aliphatic rings. The third-order valence-corrected chi connectivity index (χ3v) is 0.905. The van der Waals surface area contributed by atoms with E-state index in [1.54, 1.807) is 13.8 Å². The number of allylic oxidation sites excluding steroid dienone is 2. The van der Waals surface area contributed by atoms with E-state index in [-0.39, 0.29) is 0 Å². The molecule has 0 atom stereocenters. The molecule has 0 aromatic rings. The normalized spacial score (nSPS) is 12.7. The van der Waals surface area contributed by atoms with Gasteiger partial charge in [0, 0.05) is 12.2 Å². The maximum atomic E-state index is 9.92. The molecule has 76 valence electrons. The molecule has 0 fully saturated rings. The Morgan fingerprint density at radius 2 is 1.50 bits per heavy atom. The maximum Gasteiger partial charge on any atom is 0.338 e. The van der Waals surface area contributed by atoms with Crippen molar-refractivity contribution in [1.29, 1.82) is 0 Å². The van der Waals surface area contributed by atoms with Crippen molar-refractivity contribution in [3.8, 4) is 0 Å². The number of cyclic esters (lactones) is 2. The van der Waals surface area contributed by atoms with E-state index in [1.807, 2.05) is 0 Å². The van der Waals surface area contributed by atoms with Crippen LogP contribution in [0.25, 0.3) is 0 Å². The molecule has 0 saturated carbocycles. The molecule has 4 heteroatoms. The number of ether oxygens (including phenoxy) is 2. The van der Waals surface area contributed by atoms with Gasteiger partial charge < -0.3 is 9.47 Å². The fourth-order valence-electron chi connectivity index (χ4n) is 0.601. The van der Waals surface area contributed by atoms with E-state index >= 15 is 0 Å². The SMILES string of the molecule is C=C(C)OC(=C)C.O=C1C=CC(=O)O1.